The van der Waals surface area contributed by atoms with Crippen molar-refractivity contribution >= 4 is 12.6 Å². The molecule has 0 N–H and O–H groups in total. The van der Waals surface area contributed by atoms with Crippen LogP contribution in [0.1, 0.15) is 101 Å². The van der Waals surface area contributed by atoms with Gasteiger partial charge in [-0.2, -0.15) is 0 Å². The molecule has 2 atom stereocenters. The Bertz CT molecular complexity index is 1040. The van der Waals surface area contributed by atoms with Gasteiger partial charge in [-0.15, -0.1) is 12.6 Å². The Balaban J connectivity index is 1.77. The van der Waals surface area contributed by atoms with E-state index >= 15 is 0 Å². The lowest BCUT2D eigenvalue weighted by Crippen LogP contribution is -2.37. The van der Waals surface area contributed by atoms with Gasteiger partial charge in [-0.3, -0.25) is 4.90 Å². The van der Waals surface area contributed by atoms with Crippen LogP contribution in [0.15, 0.2) is 54.7 Å². The number of para-hydroxylation sites is 1. The highest BCUT2D eigenvalue weighted by atomic mass is 32.1. The SMILES string of the molecule is C=C(CN1CC(c2cccc(OCS)c2)CC1CCc1cccc(C)c1OCCCC)N(CCCC)CCCCC. The molecule has 1 heterocycles. The Labute approximate surface area is 256 Å². The van der Waals surface area contributed by atoms with Crippen molar-refractivity contribution in [2.24, 2.45) is 0 Å². The average molecular weight is 581 g/mol. The molecule has 0 amide bonds. The number of thiol groups is 1. The topological polar surface area (TPSA) is 24.9 Å². The second kappa shape index (κ2) is 18.4. The van der Waals surface area contributed by atoms with E-state index in [-0.39, 0.29) is 0 Å². The fourth-order valence-corrected chi connectivity index (χ4v) is 6.22. The van der Waals surface area contributed by atoms with Gasteiger partial charge in [-0.1, -0.05) is 83.4 Å². The summed E-state index contributed by atoms with van der Waals surface area (Å²) in [6.07, 6.45) is 11.8. The van der Waals surface area contributed by atoms with E-state index in [1.54, 1.807) is 0 Å². The molecule has 4 nitrogen and oxygen atoms in total. The number of hydrogen-bond donors (Lipinski definition) is 1. The minimum absolute atomic E-state index is 0.396. The molecular formula is C36H56N2O2S. The van der Waals surface area contributed by atoms with Crippen molar-refractivity contribution < 1.29 is 9.47 Å². The maximum atomic E-state index is 6.30. The van der Waals surface area contributed by atoms with Gasteiger partial charge < -0.3 is 14.4 Å². The van der Waals surface area contributed by atoms with E-state index in [0.717, 1.165) is 76.4 Å². The van der Waals surface area contributed by atoms with E-state index in [0.29, 0.717) is 17.9 Å². The lowest BCUT2D eigenvalue weighted by Gasteiger charge is -2.32. The number of hydrogen-bond acceptors (Lipinski definition) is 5. The molecule has 0 bridgehead atoms. The number of likely N-dealkylation sites (tertiary alicyclic amines) is 1. The van der Waals surface area contributed by atoms with E-state index in [2.05, 4.69) is 93.1 Å². The molecule has 5 heteroatoms. The summed E-state index contributed by atoms with van der Waals surface area (Å²) in [5, 5.41) is 0. The van der Waals surface area contributed by atoms with Gasteiger partial charge in [0.25, 0.3) is 0 Å². The van der Waals surface area contributed by atoms with Gasteiger partial charge in [0, 0.05) is 37.9 Å². The summed E-state index contributed by atoms with van der Waals surface area (Å²) in [4.78, 5) is 5.29. The number of rotatable bonds is 20. The Morgan fingerprint density at radius 2 is 1.73 bits per heavy atom. The van der Waals surface area contributed by atoms with Crippen LogP contribution in [0.25, 0.3) is 0 Å². The highest BCUT2D eigenvalue weighted by molar-refractivity contribution is 7.80. The first kappa shape index (κ1) is 33.4. The van der Waals surface area contributed by atoms with Crippen LogP contribution in [0.5, 0.6) is 11.5 Å². The number of benzene rings is 2. The number of unbranched alkanes of at least 4 members (excludes halogenated alkanes) is 4. The number of aryl methyl sites for hydroxylation is 2. The zero-order valence-corrected chi connectivity index (χ0v) is 27.3. The van der Waals surface area contributed by atoms with Gasteiger partial charge in [-0.25, -0.2) is 0 Å². The molecule has 228 valence electrons. The van der Waals surface area contributed by atoms with Gasteiger partial charge in [0.1, 0.15) is 17.4 Å². The molecule has 3 rings (SSSR count). The van der Waals surface area contributed by atoms with Gasteiger partial charge in [0.15, 0.2) is 0 Å². The summed E-state index contributed by atoms with van der Waals surface area (Å²) in [6, 6.07) is 15.8. The van der Waals surface area contributed by atoms with Crippen LogP contribution in [0.2, 0.25) is 0 Å². The van der Waals surface area contributed by atoms with E-state index in [1.165, 1.54) is 54.5 Å². The average Bonchev–Trinajstić information content (AvgIpc) is 3.37. The Morgan fingerprint density at radius 3 is 2.49 bits per heavy atom. The fourth-order valence-electron chi connectivity index (χ4n) is 6.07. The third-order valence-electron chi connectivity index (χ3n) is 8.52. The lowest BCUT2D eigenvalue weighted by molar-refractivity contribution is 0.223. The minimum atomic E-state index is 0.396. The monoisotopic (exact) mass is 580 g/mol. The summed E-state index contributed by atoms with van der Waals surface area (Å²) in [6.45, 7) is 18.6. The Hall–Kier alpha value is -2.11. The van der Waals surface area contributed by atoms with Crippen LogP contribution in [0, 0.1) is 6.92 Å². The molecule has 1 saturated heterocycles. The van der Waals surface area contributed by atoms with Crippen LogP contribution in [-0.2, 0) is 6.42 Å². The van der Waals surface area contributed by atoms with E-state index in [1.807, 2.05) is 6.07 Å². The van der Waals surface area contributed by atoms with Crippen molar-refractivity contribution in [2.45, 2.75) is 104 Å². The second-order valence-electron chi connectivity index (χ2n) is 11.8. The van der Waals surface area contributed by atoms with Crippen LogP contribution >= 0.6 is 12.6 Å². The van der Waals surface area contributed by atoms with Crippen LogP contribution in [0.4, 0.5) is 0 Å². The van der Waals surface area contributed by atoms with Crippen LogP contribution in [0.3, 0.4) is 0 Å². The highest BCUT2D eigenvalue weighted by Crippen LogP contribution is 2.36. The maximum absolute atomic E-state index is 6.30. The quantitative estimate of drug-likeness (QED) is 0.0959. The highest BCUT2D eigenvalue weighted by Gasteiger charge is 2.33. The Kier molecular flexibility index (Phi) is 15.0. The second-order valence-corrected chi connectivity index (χ2v) is 12.0. The molecule has 0 saturated carbocycles. The van der Waals surface area contributed by atoms with Crippen LogP contribution in [-0.4, -0.2) is 54.6 Å². The zero-order valence-electron chi connectivity index (χ0n) is 26.4. The third-order valence-corrected chi connectivity index (χ3v) is 8.65. The van der Waals surface area contributed by atoms with Gasteiger partial charge in [0.05, 0.1) is 6.61 Å². The predicted octanol–water partition coefficient (Wildman–Crippen LogP) is 9.04. The first-order valence-corrected chi connectivity index (χ1v) is 16.9. The van der Waals surface area contributed by atoms with E-state index < -0.39 is 0 Å². The van der Waals surface area contributed by atoms with Crippen molar-refractivity contribution in [3.8, 4) is 11.5 Å². The maximum Gasteiger partial charge on any atom is 0.131 e. The molecule has 41 heavy (non-hydrogen) atoms. The van der Waals surface area contributed by atoms with Crippen LogP contribution < -0.4 is 9.47 Å². The van der Waals surface area contributed by atoms with Crippen molar-refractivity contribution in [1.29, 1.82) is 0 Å². The molecular weight excluding hydrogens is 524 g/mol. The van der Waals surface area contributed by atoms with Crippen molar-refractivity contribution in [1.82, 2.24) is 9.80 Å². The van der Waals surface area contributed by atoms with E-state index in [4.69, 9.17) is 9.47 Å². The van der Waals surface area contributed by atoms with E-state index in [9.17, 15) is 0 Å². The standard InChI is InChI=1S/C36H56N2O2S/c1-6-9-12-22-37(21-10-7-2)30(5)26-38-27-33(32-17-14-18-35(25-32)40-28-41)24-34(38)20-19-31-16-13-15-29(4)36(31)39-23-11-8-3/h13-18,25,33-34,41H,5-12,19-24,26-28H2,1-4H3. The molecule has 2 aromatic rings. The van der Waals surface area contributed by atoms with Gasteiger partial charge in [-0.05, 0) is 80.2 Å². The lowest BCUT2D eigenvalue weighted by atomic mass is 9.93. The number of nitrogens with zero attached hydrogens (tertiary/aromatic N) is 2. The zero-order chi connectivity index (χ0) is 29.5. The summed E-state index contributed by atoms with van der Waals surface area (Å²) in [5.41, 5.74) is 5.24. The first-order chi connectivity index (χ1) is 20.0. The largest absolute Gasteiger partial charge is 0.493 e. The predicted molar refractivity (Wildman–Crippen MR) is 179 cm³/mol. The van der Waals surface area contributed by atoms with Crippen molar-refractivity contribution in [3.05, 3.63) is 71.4 Å². The van der Waals surface area contributed by atoms with Gasteiger partial charge in [0.2, 0.25) is 0 Å². The summed E-state index contributed by atoms with van der Waals surface area (Å²) < 4.78 is 12.0. The molecule has 0 aromatic heterocycles. The number of ether oxygens (including phenoxy) is 2. The molecule has 1 aliphatic heterocycles. The molecule has 1 fully saturated rings. The Morgan fingerprint density at radius 1 is 0.976 bits per heavy atom. The fraction of sp³-hybridized carbons (Fsp3) is 0.611. The van der Waals surface area contributed by atoms with Gasteiger partial charge >= 0.3 is 0 Å². The molecule has 0 radical (unpaired) electrons. The van der Waals surface area contributed by atoms with Crippen molar-refractivity contribution in [2.75, 3.05) is 38.7 Å². The summed E-state index contributed by atoms with van der Waals surface area (Å²) in [7, 11) is 0. The normalized spacial score (nSPS) is 17.1. The molecule has 1 aliphatic rings. The molecule has 2 aromatic carbocycles. The smallest absolute Gasteiger partial charge is 0.131 e. The third kappa shape index (κ3) is 10.6. The molecule has 0 aliphatic carbocycles. The summed E-state index contributed by atoms with van der Waals surface area (Å²) in [5.74, 6) is 2.89. The molecule has 2 unspecified atom stereocenters. The summed E-state index contributed by atoms with van der Waals surface area (Å²) >= 11 is 4.27. The van der Waals surface area contributed by atoms with Crippen molar-refractivity contribution in [3.63, 3.8) is 0 Å². The first-order valence-electron chi connectivity index (χ1n) is 16.2. The minimum Gasteiger partial charge on any atom is -0.493 e. The molecule has 0 spiro atoms.